The lowest BCUT2D eigenvalue weighted by molar-refractivity contribution is 0.0590. The maximum absolute atomic E-state index is 9.52. The van der Waals surface area contributed by atoms with Gasteiger partial charge in [-0.05, 0) is 31.0 Å². The molecule has 4 nitrogen and oxygen atoms in total. The van der Waals surface area contributed by atoms with Gasteiger partial charge in [-0.1, -0.05) is 24.3 Å². The normalized spacial score (nSPS) is 14.4. The first-order chi connectivity index (χ1) is 8.67. The van der Waals surface area contributed by atoms with Gasteiger partial charge in [0, 0.05) is 13.2 Å². The molecule has 18 heavy (non-hydrogen) atoms. The highest BCUT2D eigenvalue weighted by atomic mass is 16.5. The maximum atomic E-state index is 9.52. The largest absolute Gasteiger partial charge is 0.392 e. The van der Waals surface area contributed by atoms with Gasteiger partial charge in [-0.2, -0.15) is 0 Å². The van der Waals surface area contributed by atoms with E-state index >= 15 is 0 Å². The third kappa shape index (κ3) is 5.14. The molecule has 0 fully saturated rings. The quantitative estimate of drug-likeness (QED) is 0.652. The van der Waals surface area contributed by atoms with Crippen molar-refractivity contribution in [2.45, 2.75) is 32.1 Å². The van der Waals surface area contributed by atoms with Gasteiger partial charge in [0.1, 0.15) is 0 Å². The number of benzene rings is 1. The minimum Gasteiger partial charge on any atom is -0.392 e. The van der Waals surface area contributed by atoms with E-state index in [1.54, 1.807) is 7.11 Å². The van der Waals surface area contributed by atoms with E-state index in [9.17, 15) is 5.11 Å². The summed E-state index contributed by atoms with van der Waals surface area (Å²) in [5.41, 5.74) is 2.06. The van der Waals surface area contributed by atoms with Gasteiger partial charge in [-0.15, -0.1) is 0 Å². The Morgan fingerprint density at radius 2 is 2.17 bits per heavy atom. The molecular formula is C14H23NO3. The van der Waals surface area contributed by atoms with Crippen molar-refractivity contribution < 1.29 is 14.9 Å². The van der Waals surface area contributed by atoms with Crippen LogP contribution in [0.25, 0.3) is 0 Å². The number of aliphatic hydroxyl groups excluding tert-OH is 2. The molecule has 102 valence electrons. The van der Waals surface area contributed by atoms with E-state index in [1.165, 1.54) is 0 Å². The second-order valence-corrected chi connectivity index (χ2v) is 4.48. The minimum atomic E-state index is -0.418. The molecule has 0 radical (unpaired) electrons. The minimum absolute atomic E-state index is 0.0626. The van der Waals surface area contributed by atoms with Gasteiger partial charge in [-0.25, -0.2) is 0 Å². The Morgan fingerprint density at radius 1 is 1.39 bits per heavy atom. The topological polar surface area (TPSA) is 61.7 Å². The van der Waals surface area contributed by atoms with Crippen molar-refractivity contribution in [3.05, 3.63) is 35.4 Å². The first kappa shape index (κ1) is 15.1. The van der Waals surface area contributed by atoms with Crippen molar-refractivity contribution in [3.63, 3.8) is 0 Å². The van der Waals surface area contributed by atoms with Crippen LogP contribution in [0.1, 0.15) is 30.5 Å². The number of hydrogen-bond donors (Lipinski definition) is 3. The Morgan fingerprint density at radius 3 is 2.83 bits per heavy atom. The molecule has 0 aliphatic carbocycles. The predicted octanol–water partition coefficient (Wildman–Crippen LogP) is 1.23. The first-order valence-corrected chi connectivity index (χ1v) is 6.27. The third-order valence-electron chi connectivity index (χ3n) is 2.92. The Balaban J connectivity index is 2.37. The number of nitrogens with one attached hydrogen (secondary N) is 1. The molecule has 0 bridgehead atoms. The zero-order chi connectivity index (χ0) is 13.4. The summed E-state index contributed by atoms with van der Waals surface area (Å²) in [5, 5.41) is 21.9. The number of ether oxygens (including phenoxy) is 1. The van der Waals surface area contributed by atoms with Gasteiger partial charge >= 0.3 is 0 Å². The van der Waals surface area contributed by atoms with Crippen molar-refractivity contribution >= 4 is 0 Å². The third-order valence-corrected chi connectivity index (χ3v) is 2.92. The highest BCUT2D eigenvalue weighted by Gasteiger charge is 2.07. The lowest BCUT2D eigenvalue weighted by Crippen LogP contribution is -2.25. The van der Waals surface area contributed by atoms with Gasteiger partial charge < -0.3 is 20.3 Å². The van der Waals surface area contributed by atoms with E-state index < -0.39 is 6.10 Å². The predicted molar refractivity (Wildman–Crippen MR) is 71.3 cm³/mol. The van der Waals surface area contributed by atoms with Crippen LogP contribution < -0.4 is 5.32 Å². The second-order valence-electron chi connectivity index (χ2n) is 4.48. The van der Waals surface area contributed by atoms with Crippen molar-refractivity contribution in [2.24, 2.45) is 0 Å². The van der Waals surface area contributed by atoms with Crippen LogP contribution in [0.5, 0.6) is 0 Å². The van der Waals surface area contributed by atoms with E-state index in [0.29, 0.717) is 13.0 Å². The van der Waals surface area contributed by atoms with Crippen molar-refractivity contribution in [1.82, 2.24) is 5.32 Å². The van der Waals surface area contributed by atoms with Gasteiger partial charge in [0.25, 0.3) is 0 Å². The fourth-order valence-electron chi connectivity index (χ4n) is 1.82. The molecule has 0 aliphatic heterocycles. The zero-order valence-electron chi connectivity index (χ0n) is 11.1. The van der Waals surface area contributed by atoms with Crippen LogP contribution in [0.15, 0.2) is 24.3 Å². The Bertz CT molecular complexity index is 344. The highest BCUT2D eigenvalue weighted by Crippen LogP contribution is 2.14. The van der Waals surface area contributed by atoms with E-state index in [4.69, 9.17) is 9.84 Å². The summed E-state index contributed by atoms with van der Waals surface area (Å²) in [6.07, 6.45) is 0.246. The van der Waals surface area contributed by atoms with E-state index in [2.05, 4.69) is 12.2 Å². The van der Waals surface area contributed by atoms with E-state index in [0.717, 1.165) is 17.7 Å². The van der Waals surface area contributed by atoms with Gasteiger partial charge in [0.2, 0.25) is 0 Å². The van der Waals surface area contributed by atoms with Gasteiger partial charge in [0.05, 0.1) is 19.3 Å². The Hall–Kier alpha value is -0.940. The molecule has 2 atom stereocenters. The molecule has 0 saturated heterocycles. The fraction of sp³-hybridized carbons (Fsp3) is 0.571. The molecule has 0 amide bonds. The smallest absolute Gasteiger partial charge is 0.0785 e. The number of aliphatic hydroxyl groups is 2. The zero-order valence-corrected chi connectivity index (χ0v) is 11.1. The Kier molecular flexibility index (Phi) is 6.90. The number of rotatable bonds is 8. The summed E-state index contributed by atoms with van der Waals surface area (Å²) in [6, 6.07) is 8.06. The highest BCUT2D eigenvalue weighted by molar-refractivity contribution is 5.25. The number of hydrogen-bond acceptors (Lipinski definition) is 4. The molecule has 2 unspecified atom stereocenters. The SMILES string of the molecule is COCC(O)CCNC(C)c1cccc(CO)c1. The van der Waals surface area contributed by atoms with Crippen LogP contribution in [0, 0.1) is 0 Å². The molecule has 4 heteroatoms. The van der Waals surface area contributed by atoms with Crippen molar-refractivity contribution in [3.8, 4) is 0 Å². The fourth-order valence-corrected chi connectivity index (χ4v) is 1.82. The lowest BCUT2D eigenvalue weighted by Gasteiger charge is -2.16. The lowest BCUT2D eigenvalue weighted by atomic mass is 10.1. The van der Waals surface area contributed by atoms with Crippen molar-refractivity contribution in [2.75, 3.05) is 20.3 Å². The number of methoxy groups -OCH3 is 1. The maximum Gasteiger partial charge on any atom is 0.0785 e. The van der Waals surface area contributed by atoms with Crippen LogP contribution in [0.2, 0.25) is 0 Å². The Labute approximate surface area is 109 Å². The van der Waals surface area contributed by atoms with Gasteiger partial charge in [0.15, 0.2) is 0 Å². The standard InChI is InChI=1S/C14H23NO3/c1-11(15-7-6-14(17)10-18-2)13-5-3-4-12(8-13)9-16/h3-5,8,11,14-17H,6-7,9-10H2,1-2H3. The van der Waals surface area contributed by atoms with Crippen LogP contribution in [0.3, 0.4) is 0 Å². The van der Waals surface area contributed by atoms with Crippen molar-refractivity contribution in [1.29, 1.82) is 0 Å². The van der Waals surface area contributed by atoms with Crippen LogP contribution >= 0.6 is 0 Å². The van der Waals surface area contributed by atoms with Crippen LogP contribution in [-0.2, 0) is 11.3 Å². The van der Waals surface area contributed by atoms with Crippen LogP contribution in [-0.4, -0.2) is 36.6 Å². The summed E-state index contributed by atoms with van der Waals surface area (Å²) in [5.74, 6) is 0. The molecule has 0 aromatic heterocycles. The summed E-state index contributed by atoms with van der Waals surface area (Å²) in [6.45, 7) is 3.23. The molecule has 1 aromatic carbocycles. The molecule has 1 rings (SSSR count). The van der Waals surface area contributed by atoms with E-state index in [-0.39, 0.29) is 12.6 Å². The average molecular weight is 253 g/mol. The van der Waals surface area contributed by atoms with E-state index in [1.807, 2.05) is 24.3 Å². The molecule has 0 aliphatic rings. The molecular weight excluding hydrogens is 230 g/mol. The summed E-state index contributed by atoms with van der Waals surface area (Å²) < 4.78 is 4.87. The second kappa shape index (κ2) is 8.21. The van der Waals surface area contributed by atoms with Crippen LogP contribution in [0.4, 0.5) is 0 Å². The molecule has 3 N–H and O–H groups in total. The molecule has 1 aromatic rings. The molecule has 0 heterocycles. The average Bonchev–Trinajstić information content (AvgIpc) is 2.39. The monoisotopic (exact) mass is 253 g/mol. The first-order valence-electron chi connectivity index (χ1n) is 6.27. The summed E-state index contributed by atoms with van der Waals surface area (Å²) in [7, 11) is 1.58. The summed E-state index contributed by atoms with van der Waals surface area (Å²) >= 11 is 0. The van der Waals surface area contributed by atoms with Gasteiger partial charge in [-0.3, -0.25) is 0 Å². The summed E-state index contributed by atoms with van der Waals surface area (Å²) in [4.78, 5) is 0. The molecule has 0 saturated carbocycles. The molecule has 0 spiro atoms.